The van der Waals surface area contributed by atoms with Crippen LogP contribution in [0.1, 0.15) is 56.7 Å². The number of piperidine rings is 1. The summed E-state index contributed by atoms with van der Waals surface area (Å²) in [6, 6.07) is 0. The molecule has 3 heterocycles. The monoisotopic (exact) mass is 307 g/mol. The first-order valence-corrected chi connectivity index (χ1v) is 8.44. The molecule has 2 aliphatic heterocycles. The van der Waals surface area contributed by atoms with Gasteiger partial charge in [0.2, 0.25) is 11.8 Å². The van der Waals surface area contributed by atoms with Crippen molar-refractivity contribution >= 4 is 5.91 Å². The fraction of sp³-hybridized carbons (Fsp3) is 0.812. The van der Waals surface area contributed by atoms with Crippen molar-refractivity contribution in [3.63, 3.8) is 0 Å². The van der Waals surface area contributed by atoms with E-state index in [9.17, 15) is 4.79 Å². The van der Waals surface area contributed by atoms with E-state index in [1.165, 1.54) is 0 Å². The van der Waals surface area contributed by atoms with Crippen molar-refractivity contribution in [2.45, 2.75) is 51.4 Å². The highest BCUT2D eigenvalue weighted by Crippen LogP contribution is 2.26. The third-order valence-corrected chi connectivity index (χ3v) is 4.80. The van der Waals surface area contributed by atoms with Gasteiger partial charge in [0.15, 0.2) is 5.82 Å². The van der Waals surface area contributed by atoms with Crippen molar-refractivity contribution in [3.05, 3.63) is 11.7 Å². The van der Waals surface area contributed by atoms with Gasteiger partial charge in [0.25, 0.3) is 0 Å². The summed E-state index contributed by atoms with van der Waals surface area (Å²) in [7, 11) is 0. The molecule has 6 nitrogen and oxygen atoms in total. The highest BCUT2D eigenvalue weighted by Gasteiger charge is 2.25. The smallest absolute Gasteiger partial charge is 0.226 e. The molecule has 2 aliphatic rings. The van der Waals surface area contributed by atoms with E-state index in [-0.39, 0.29) is 5.91 Å². The number of ether oxygens (including phenoxy) is 1. The predicted molar refractivity (Wildman–Crippen MR) is 80.4 cm³/mol. The second kappa shape index (κ2) is 7.22. The van der Waals surface area contributed by atoms with Gasteiger partial charge in [-0.1, -0.05) is 12.1 Å². The first kappa shape index (κ1) is 15.5. The minimum absolute atomic E-state index is 0.262. The van der Waals surface area contributed by atoms with E-state index in [1.807, 2.05) is 11.8 Å². The predicted octanol–water partition coefficient (Wildman–Crippen LogP) is 2.15. The maximum absolute atomic E-state index is 11.7. The first-order chi connectivity index (χ1) is 10.8. The summed E-state index contributed by atoms with van der Waals surface area (Å²) in [6.07, 6.45) is 5.46. The molecule has 0 bridgehead atoms. The third kappa shape index (κ3) is 3.66. The van der Waals surface area contributed by atoms with Crippen molar-refractivity contribution in [1.29, 1.82) is 0 Å². The lowest BCUT2D eigenvalue weighted by molar-refractivity contribution is -0.132. The molecule has 0 radical (unpaired) electrons. The number of carbonyl (C=O) groups is 1. The molecule has 1 aromatic rings. The third-order valence-electron chi connectivity index (χ3n) is 4.80. The molecule has 3 rings (SSSR count). The molecule has 0 saturated carbocycles. The van der Waals surface area contributed by atoms with Crippen molar-refractivity contribution in [1.82, 2.24) is 15.0 Å². The molecule has 6 heteroatoms. The molecule has 122 valence electrons. The van der Waals surface area contributed by atoms with Crippen molar-refractivity contribution in [2.24, 2.45) is 5.92 Å². The number of carbonyl (C=O) groups excluding carboxylic acids is 1. The Morgan fingerprint density at radius 1 is 1.23 bits per heavy atom. The van der Waals surface area contributed by atoms with E-state index in [0.29, 0.717) is 18.3 Å². The van der Waals surface area contributed by atoms with E-state index in [4.69, 9.17) is 9.26 Å². The fourth-order valence-electron chi connectivity index (χ4n) is 3.33. The Morgan fingerprint density at radius 3 is 2.64 bits per heavy atom. The fourth-order valence-corrected chi connectivity index (χ4v) is 3.33. The SMILES string of the molecule is CCC(=O)N1CCC(Cc2nc(C3CCOCC3)no2)CC1. The van der Waals surface area contributed by atoms with Crippen LogP contribution in [0.4, 0.5) is 0 Å². The van der Waals surface area contributed by atoms with Crippen molar-refractivity contribution in [3.8, 4) is 0 Å². The highest BCUT2D eigenvalue weighted by molar-refractivity contribution is 5.75. The van der Waals surface area contributed by atoms with Crippen LogP contribution in [-0.4, -0.2) is 47.3 Å². The second-order valence-electron chi connectivity index (χ2n) is 6.31. The van der Waals surface area contributed by atoms with Gasteiger partial charge >= 0.3 is 0 Å². The van der Waals surface area contributed by atoms with Gasteiger partial charge in [-0.2, -0.15) is 4.98 Å². The van der Waals surface area contributed by atoms with Crippen molar-refractivity contribution < 1.29 is 14.1 Å². The topological polar surface area (TPSA) is 68.5 Å². The van der Waals surface area contributed by atoms with Gasteiger partial charge in [0, 0.05) is 45.1 Å². The van der Waals surface area contributed by atoms with Crippen molar-refractivity contribution in [2.75, 3.05) is 26.3 Å². The van der Waals surface area contributed by atoms with Crippen LogP contribution in [0.25, 0.3) is 0 Å². The summed E-state index contributed by atoms with van der Waals surface area (Å²) in [4.78, 5) is 18.2. The lowest BCUT2D eigenvalue weighted by Crippen LogP contribution is -2.38. The molecule has 2 saturated heterocycles. The van der Waals surface area contributed by atoms with E-state index in [0.717, 1.165) is 70.1 Å². The van der Waals surface area contributed by atoms with Gasteiger partial charge in [-0.3, -0.25) is 4.79 Å². The standard InChI is InChI=1S/C16H25N3O3/c1-2-15(20)19-7-3-12(4-8-19)11-14-17-16(18-22-14)13-5-9-21-10-6-13/h12-13H,2-11H2,1H3. The number of hydrogen-bond donors (Lipinski definition) is 0. The molecular formula is C16H25N3O3. The normalized spacial score (nSPS) is 21.2. The molecule has 0 unspecified atom stereocenters. The Bertz CT molecular complexity index is 489. The van der Waals surface area contributed by atoms with Crippen LogP contribution in [-0.2, 0) is 16.0 Å². The number of amides is 1. The maximum atomic E-state index is 11.7. The molecule has 0 aromatic carbocycles. The van der Waals surface area contributed by atoms with Gasteiger partial charge in [0.1, 0.15) is 0 Å². The Kier molecular flexibility index (Phi) is 5.08. The molecule has 0 spiro atoms. The first-order valence-electron chi connectivity index (χ1n) is 8.44. The van der Waals surface area contributed by atoms with Gasteiger partial charge < -0.3 is 14.2 Å². The van der Waals surface area contributed by atoms with Crippen LogP contribution >= 0.6 is 0 Å². The number of rotatable bonds is 4. The zero-order valence-electron chi connectivity index (χ0n) is 13.3. The number of nitrogens with zero attached hydrogens (tertiary/aromatic N) is 3. The molecule has 2 fully saturated rings. The average Bonchev–Trinajstić information content (AvgIpc) is 3.04. The molecule has 1 amide bonds. The zero-order chi connectivity index (χ0) is 15.4. The van der Waals surface area contributed by atoms with Gasteiger partial charge in [0.05, 0.1) is 0 Å². The summed E-state index contributed by atoms with van der Waals surface area (Å²) in [5.41, 5.74) is 0. The van der Waals surface area contributed by atoms with Gasteiger partial charge in [-0.05, 0) is 31.6 Å². The second-order valence-corrected chi connectivity index (χ2v) is 6.31. The lowest BCUT2D eigenvalue weighted by Gasteiger charge is -2.31. The molecule has 22 heavy (non-hydrogen) atoms. The van der Waals surface area contributed by atoms with E-state index in [1.54, 1.807) is 0 Å². The van der Waals surface area contributed by atoms with Crippen LogP contribution in [0.2, 0.25) is 0 Å². The summed E-state index contributed by atoms with van der Waals surface area (Å²) in [5, 5.41) is 4.16. The molecule has 0 N–H and O–H groups in total. The van der Waals surface area contributed by atoms with Crippen LogP contribution in [0.15, 0.2) is 4.52 Å². The summed E-state index contributed by atoms with van der Waals surface area (Å²) >= 11 is 0. The van der Waals surface area contributed by atoms with Crippen LogP contribution in [0.3, 0.4) is 0 Å². The van der Waals surface area contributed by atoms with E-state index >= 15 is 0 Å². The van der Waals surface area contributed by atoms with E-state index < -0.39 is 0 Å². The zero-order valence-corrected chi connectivity index (χ0v) is 13.3. The van der Waals surface area contributed by atoms with Crippen LogP contribution in [0, 0.1) is 5.92 Å². The summed E-state index contributed by atoms with van der Waals surface area (Å²) in [5.74, 6) is 2.79. The molecule has 0 aliphatic carbocycles. The summed E-state index contributed by atoms with van der Waals surface area (Å²) in [6.45, 7) is 5.22. The van der Waals surface area contributed by atoms with Gasteiger partial charge in [-0.25, -0.2) is 0 Å². The Balaban J connectivity index is 1.50. The Labute approximate surface area is 131 Å². The number of hydrogen-bond acceptors (Lipinski definition) is 5. The Morgan fingerprint density at radius 2 is 1.95 bits per heavy atom. The quantitative estimate of drug-likeness (QED) is 0.852. The van der Waals surface area contributed by atoms with Crippen LogP contribution < -0.4 is 0 Å². The summed E-state index contributed by atoms with van der Waals surface area (Å²) < 4.78 is 10.8. The minimum Gasteiger partial charge on any atom is -0.381 e. The molecular weight excluding hydrogens is 282 g/mol. The number of aromatic nitrogens is 2. The molecule has 1 aromatic heterocycles. The molecule has 0 atom stereocenters. The highest BCUT2D eigenvalue weighted by atomic mass is 16.5. The number of likely N-dealkylation sites (tertiary alicyclic amines) is 1. The largest absolute Gasteiger partial charge is 0.381 e. The Hall–Kier alpha value is -1.43. The lowest BCUT2D eigenvalue weighted by atomic mass is 9.93. The minimum atomic E-state index is 0.262. The van der Waals surface area contributed by atoms with Gasteiger partial charge in [-0.15, -0.1) is 0 Å². The van der Waals surface area contributed by atoms with E-state index in [2.05, 4.69) is 10.1 Å². The average molecular weight is 307 g/mol. The maximum Gasteiger partial charge on any atom is 0.226 e. The van der Waals surface area contributed by atoms with Crippen LogP contribution in [0.5, 0.6) is 0 Å².